The van der Waals surface area contributed by atoms with Crippen LogP contribution in [0.15, 0.2) is 24.3 Å². The zero-order valence-electron chi connectivity index (χ0n) is 16.1. The Balaban J connectivity index is 0.00000122. The van der Waals surface area contributed by atoms with Gasteiger partial charge in [0.05, 0.1) is 11.1 Å². The minimum Gasteiger partial charge on any atom is -0.483 e. The van der Waals surface area contributed by atoms with Crippen LogP contribution >= 0.6 is 0 Å². The molecule has 9 heteroatoms. The fourth-order valence-corrected chi connectivity index (χ4v) is 2.62. The highest BCUT2D eigenvalue weighted by atomic mass is 19.4. The number of hydrogen-bond acceptors (Lipinski definition) is 4. The fraction of sp³-hybridized carbons (Fsp3) is 0.421. The average Bonchev–Trinajstić information content (AvgIpc) is 2.58. The Morgan fingerprint density at radius 3 is 2.39 bits per heavy atom. The molecule has 0 saturated carbocycles. The highest BCUT2D eigenvalue weighted by Crippen LogP contribution is 2.34. The van der Waals surface area contributed by atoms with E-state index in [1.54, 1.807) is 20.0 Å². The predicted molar refractivity (Wildman–Crippen MR) is 101 cm³/mol. The van der Waals surface area contributed by atoms with Crippen molar-refractivity contribution in [2.45, 2.75) is 45.3 Å². The largest absolute Gasteiger partial charge is 0.483 e. The number of benzene rings is 1. The van der Waals surface area contributed by atoms with Gasteiger partial charge in [0.15, 0.2) is 0 Å². The summed E-state index contributed by atoms with van der Waals surface area (Å²) in [7, 11) is 1.58. The smallest absolute Gasteiger partial charge is 0.416 e. The van der Waals surface area contributed by atoms with E-state index in [0.717, 1.165) is 12.1 Å². The third-order valence-corrected chi connectivity index (χ3v) is 3.99. The van der Waals surface area contributed by atoms with E-state index in [4.69, 9.17) is 9.90 Å². The summed E-state index contributed by atoms with van der Waals surface area (Å²) < 4.78 is 38.7. The van der Waals surface area contributed by atoms with Crippen LogP contribution < -0.4 is 10.6 Å². The Labute approximate surface area is 161 Å². The second kappa shape index (κ2) is 9.38. The van der Waals surface area contributed by atoms with Crippen LogP contribution in [-0.4, -0.2) is 35.1 Å². The second-order valence-corrected chi connectivity index (χ2v) is 6.83. The lowest BCUT2D eigenvalue weighted by molar-refractivity contribution is -0.137. The number of nitrogens with one attached hydrogen (secondary N) is 2. The summed E-state index contributed by atoms with van der Waals surface area (Å²) >= 11 is 0. The van der Waals surface area contributed by atoms with E-state index in [9.17, 15) is 18.0 Å². The van der Waals surface area contributed by atoms with Crippen LogP contribution in [-0.2, 0) is 15.8 Å². The Bertz CT molecular complexity index is 836. The number of carboxylic acid groups (broad SMARTS) is 1. The Morgan fingerprint density at radius 1 is 1.25 bits per heavy atom. The highest BCUT2D eigenvalue weighted by Gasteiger charge is 2.31. The van der Waals surface area contributed by atoms with Gasteiger partial charge in [0.2, 0.25) is 5.91 Å². The van der Waals surface area contributed by atoms with Gasteiger partial charge < -0.3 is 15.7 Å². The number of amides is 1. The lowest BCUT2D eigenvalue weighted by atomic mass is 9.96. The van der Waals surface area contributed by atoms with Crippen molar-refractivity contribution in [2.24, 2.45) is 0 Å². The maximum atomic E-state index is 12.9. The molecule has 2 rings (SSSR count). The molecule has 1 amide bonds. The van der Waals surface area contributed by atoms with Crippen molar-refractivity contribution < 1.29 is 27.9 Å². The van der Waals surface area contributed by atoms with E-state index in [1.807, 2.05) is 13.8 Å². The summed E-state index contributed by atoms with van der Waals surface area (Å²) in [5.74, 6) is -0.0551. The molecule has 6 nitrogen and oxygen atoms in total. The maximum absolute atomic E-state index is 12.9. The molecule has 1 heterocycles. The molecule has 0 aliphatic heterocycles. The molecule has 0 atom stereocenters. The summed E-state index contributed by atoms with van der Waals surface area (Å²) in [5.41, 5.74) is 0.493. The topological polar surface area (TPSA) is 91.3 Å². The lowest BCUT2D eigenvalue weighted by Crippen LogP contribution is -2.33. The number of carbonyl (C=O) groups is 2. The molecule has 1 aromatic heterocycles. The fourth-order valence-electron chi connectivity index (χ4n) is 2.62. The lowest BCUT2D eigenvalue weighted by Gasteiger charge is -2.28. The van der Waals surface area contributed by atoms with Gasteiger partial charge in [-0.15, -0.1) is 0 Å². The van der Waals surface area contributed by atoms with Crippen LogP contribution in [0.4, 0.5) is 18.9 Å². The number of hydrogen-bond donors (Lipinski definition) is 3. The summed E-state index contributed by atoms with van der Waals surface area (Å²) in [5, 5.41) is 13.4. The number of aromatic nitrogens is 1. The number of aryl methyl sites for hydroxylation is 1. The molecule has 28 heavy (non-hydrogen) atoms. The van der Waals surface area contributed by atoms with E-state index < -0.39 is 17.3 Å². The monoisotopic (exact) mass is 399 g/mol. The van der Waals surface area contributed by atoms with Crippen LogP contribution in [0.5, 0.6) is 0 Å². The Hall–Kier alpha value is -2.84. The normalized spacial score (nSPS) is 11.4. The molecule has 154 valence electrons. The van der Waals surface area contributed by atoms with Gasteiger partial charge in [0.25, 0.3) is 6.47 Å². The van der Waals surface area contributed by atoms with Gasteiger partial charge >= 0.3 is 6.18 Å². The first-order chi connectivity index (χ1) is 12.9. The van der Waals surface area contributed by atoms with Gasteiger partial charge in [-0.3, -0.25) is 14.6 Å². The number of halogens is 3. The van der Waals surface area contributed by atoms with Gasteiger partial charge in [-0.05, 0) is 45.4 Å². The molecule has 0 bridgehead atoms. The van der Waals surface area contributed by atoms with Gasteiger partial charge in [-0.2, -0.15) is 13.2 Å². The molecule has 0 aliphatic carbocycles. The quantitative estimate of drug-likeness (QED) is 0.662. The number of fused-ring (bicyclic) bond motifs is 1. The summed E-state index contributed by atoms with van der Waals surface area (Å²) in [6.07, 6.45) is -3.47. The second-order valence-electron chi connectivity index (χ2n) is 6.83. The standard InChI is InChI=1S/C18H22F3N3O.CH2O2/c1-11-9-15(24-17(2,3)8-7-16(25)22-4)13-6-5-12(18(19,20)21)10-14(13)23-11;2-1-3/h5-6,9-10H,7-8H2,1-4H3,(H,22,25)(H,23,24);1H,(H,2,3). The number of anilines is 1. The van der Waals surface area contributed by atoms with Crippen molar-refractivity contribution in [1.29, 1.82) is 0 Å². The predicted octanol–water partition coefficient (Wildman–Crippen LogP) is 3.98. The van der Waals surface area contributed by atoms with Crippen LogP contribution in [0.2, 0.25) is 0 Å². The average molecular weight is 399 g/mol. The van der Waals surface area contributed by atoms with Gasteiger partial charge in [0.1, 0.15) is 0 Å². The molecule has 2 aromatic rings. The number of pyridine rings is 1. The number of rotatable bonds is 5. The minimum absolute atomic E-state index is 0.0551. The molecular formula is C19H24F3N3O3. The molecule has 0 spiro atoms. The van der Waals surface area contributed by atoms with Crippen molar-refractivity contribution in [3.8, 4) is 0 Å². The van der Waals surface area contributed by atoms with Crippen molar-refractivity contribution >= 4 is 29.0 Å². The third kappa shape index (κ3) is 6.71. The van der Waals surface area contributed by atoms with Gasteiger partial charge in [-0.1, -0.05) is 6.07 Å². The molecule has 3 N–H and O–H groups in total. The van der Waals surface area contributed by atoms with Crippen LogP contribution in [0, 0.1) is 6.92 Å². The molecule has 0 aliphatic rings. The van der Waals surface area contributed by atoms with E-state index in [0.29, 0.717) is 35.1 Å². The number of alkyl halides is 3. The summed E-state index contributed by atoms with van der Waals surface area (Å²) in [6, 6.07) is 5.35. The van der Waals surface area contributed by atoms with Gasteiger partial charge in [0, 0.05) is 35.8 Å². The van der Waals surface area contributed by atoms with Crippen molar-refractivity contribution in [2.75, 3.05) is 12.4 Å². The molecule has 1 aromatic carbocycles. The molecule has 0 saturated heterocycles. The highest BCUT2D eigenvalue weighted by molar-refractivity contribution is 5.92. The van der Waals surface area contributed by atoms with Crippen LogP contribution in [0.25, 0.3) is 10.9 Å². The van der Waals surface area contributed by atoms with Crippen molar-refractivity contribution in [1.82, 2.24) is 10.3 Å². The third-order valence-electron chi connectivity index (χ3n) is 3.99. The zero-order valence-corrected chi connectivity index (χ0v) is 16.1. The molecule has 0 radical (unpaired) electrons. The summed E-state index contributed by atoms with van der Waals surface area (Å²) in [4.78, 5) is 24.0. The first-order valence-corrected chi connectivity index (χ1v) is 8.48. The first kappa shape index (κ1) is 23.2. The van der Waals surface area contributed by atoms with Crippen LogP contribution in [0.3, 0.4) is 0 Å². The molecular weight excluding hydrogens is 375 g/mol. The number of carbonyl (C=O) groups excluding carboxylic acids is 1. The van der Waals surface area contributed by atoms with Crippen molar-refractivity contribution in [3.63, 3.8) is 0 Å². The summed E-state index contributed by atoms with van der Waals surface area (Å²) in [6.45, 7) is 5.38. The minimum atomic E-state index is -4.40. The number of nitrogens with zero attached hydrogens (tertiary/aromatic N) is 1. The first-order valence-electron chi connectivity index (χ1n) is 8.48. The molecule has 0 unspecified atom stereocenters. The maximum Gasteiger partial charge on any atom is 0.416 e. The van der Waals surface area contributed by atoms with E-state index in [-0.39, 0.29) is 12.4 Å². The van der Waals surface area contributed by atoms with E-state index in [1.165, 1.54) is 6.07 Å². The van der Waals surface area contributed by atoms with Gasteiger partial charge in [-0.25, -0.2) is 0 Å². The Kier molecular flexibility index (Phi) is 7.78. The van der Waals surface area contributed by atoms with E-state index >= 15 is 0 Å². The van der Waals surface area contributed by atoms with E-state index in [2.05, 4.69) is 15.6 Å². The van der Waals surface area contributed by atoms with Crippen molar-refractivity contribution in [3.05, 3.63) is 35.5 Å². The van der Waals surface area contributed by atoms with Crippen LogP contribution in [0.1, 0.15) is 37.9 Å². The Morgan fingerprint density at radius 2 is 1.86 bits per heavy atom. The zero-order chi connectivity index (χ0) is 21.5. The molecule has 0 fully saturated rings. The SMILES string of the molecule is CNC(=O)CCC(C)(C)Nc1cc(C)nc2cc(C(F)(F)F)ccc12.O=CO.